The third-order valence-electron chi connectivity index (χ3n) is 2.62. The van der Waals surface area contributed by atoms with Crippen molar-refractivity contribution in [1.29, 1.82) is 0 Å². The van der Waals surface area contributed by atoms with Crippen LogP contribution in [0.15, 0.2) is 24.4 Å². The molecule has 0 saturated carbocycles. The maximum atomic E-state index is 11.2. The molecule has 2 aromatic heterocycles. The molecule has 86 valence electrons. The fourth-order valence-corrected chi connectivity index (χ4v) is 1.79. The average molecular weight is 227 g/mol. The molecular weight excluding hydrogens is 214 g/mol. The molecule has 0 aliphatic carbocycles. The molecule has 0 amide bonds. The van der Waals surface area contributed by atoms with Gasteiger partial charge in [0.05, 0.1) is 6.54 Å². The van der Waals surface area contributed by atoms with Crippen LogP contribution in [-0.4, -0.2) is 28.8 Å². The lowest BCUT2D eigenvalue weighted by Gasteiger charge is -2.17. The largest absolute Gasteiger partial charge is 0.344 e. The Labute approximate surface area is 99.9 Å². The van der Waals surface area contributed by atoms with Gasteiger partial charge in [-0.15, -0.1) is 6.42 Å². The average Bonchev–Trinajstić information content (AvgIpc) is 2.74. The van der Waals surface area contributed by atoms with Crippen LogP contribution in [0.2, 0.25) is 0 Å². The van der Waals surface area contributed by atoms with E-state index in [0.29, 0.717) is 18.1 Å². The third kappa shape index (κ3) is 1.87. The number of terminal acetylenes is 1. The summed E-state index contributed by atoms with van der Waals surface area (Å²) in [4.78, 5) is 17.5. The summed E-state index contributed by atoms with van der Waals surface area (Å²) in [6.45, 7) is 3.14. The molecule has 0 saturated heterocycles. The molecule has 0 aliphatic heterocycles. The zero-order chi connectivity index (χ0) is 12.3. The topological polar surface area (TPSA) is 37.6 Å². The normalized spacial score (nSPS) is 10.1. The van der Waals surface area contributed by atoms with Crippen LogP contribution in [0, 0.1) is 12.3 Å². The summed E-state index contributed by atoms with van der Waals surface area (Å²) in [6, 6.07) is 5.61. The first kappa shape index (κ1) is 11.2. The molecule has 0 spiro atoms. The molecule has 0 atom stereocenters. The molecule has 0 radical (unpaired) electrons. The smallest absolute Gasteiger partial charge is 0.170 e. The number of hydrogen-bond acceptors (Lipinski definition) is 3. The second-order valence-electron chi connectivity index (χ2n) is 3.59. The lowest BCUT2D eigenvalue weighted by molar-refractivity contribution is 0.111. The zero-order valence-electron chi connectivity index (χ0n) is 9.63. The zero-order valence-corrected chi connectivity index (χ0v) is 9.63. The number of fused-ring (bicyclic) bond motifs is 1. The van der Waals surface area contributed by atoms with Crippen LogP contribution in [0.5, 0.6) is 0 Å². The van der Waals surface area contributed by atoms with E-state index < -0.39 is 0 Å². The Hall–Kier alpha value is -2.28. The fourth-order valence-electron chi connectivity index (χ4n) is 1.79. The molecule has 0 aromatic carbocycles. The number of nitrogens with zero attached hydrogens (tertiary/aromatic N) is 3. The maximum Gasteiger partial charge on any atom is 0.170 e. The highest BCUT2D eigenvalue weighted by atomic mass is 16.1. The second kappa shape index (κ2) is 4.71. The van der Waals surface area contributed by atoms with Gasteiger partial charge in [0.15, 0.2) is 12.1 Å². The highest BCUT2D eigenvalue weighted by molar-refractivity contribution is 5.83. The number of carbonyl (C=O) groups is 1. The summed E-state index contributed by atoms with van der Waals surface area (Å²) in [7, 11) is 0. The molecule has 0 N–H and O–H groups in total. The molecule has 2 rings (SSSR count). The predicted octanol–water partition coefficient (Wildman–Crippen LogP) is 1.61. The summed E-state index contributed by atoms with van der Waals surface area (Å²) >= 11 is 0. The second-order valence-corrected chi connectivity index (χ2v) is 3.59. The lowest BCUT2D eigenvalue weighted by Crippen LogP contribution is -2.24. The Morgan fingerprint density at radius 1 is 1.59 bits per heavy atom. The van der Waals surface area contributed by atoms with Crippen molar-refractivity contribution in [2.24, 2.45) is 0 Å². The van der Waals surface area contributed by atoms with E-state index in [4.69, 9.17) is 6.42 Å². The number of anilines is 1. The van der Waals surface area contributed by atoms with Gasteiger partial charge in [-0.2, -0.15) is 0 Å². The molecule has 0 bridgehead atoms. The van der Waals surface area contributed by atoms with Crippen LogP contribution < -0.4 is 4.90 Å². The Morgan fingerprint density at radius 2 is 2.41 bits per heavy atom. The number of imidazole rings is 1. The van der Waals surface area contributed by atoms with Crippen molar-refractivity contribution in [3.63, 3.8) is 0 Å². The molecule has 2 heterocycles. The molecule has 17 heavy (non-hydrogen) atoms. The molecule has 0 fully saturated rings. The molecule has 0 aliphatic rings. The van der Waals surface area contributed by atoms with Gasteiger partial charge in [0.1, 0.15) is 11.3 Å². The van der Waals surface area contributed by atoms with Crippen molar-refractivity contribution in [2.75, 3.05) is 18.0 Å². The summed E-state index contributed by atoms with van der Waals surface area (Å²) in [6.07, 6.45) is 7.95. The highest BCUT2D eigenvalue weighted by Crippen LogP contribution is 2.19. The van der Waals surface area contributed by atoms with E-state index in [0.717, 1.165) is 18.5 Å². The molecule has 4 heteroatoms. The van der Waals surface area contributed by atoms with Gasteiger partial charge in [-0.05, 0) is 19.1 Å². The van der Waals surface area contributed by atoms with E-state index in [9.17, 15) is 4.79 Å². The van der Waals surface area contributed by atoms with Crippen LogP contribution in [0.25, 0.3) is 5.65 Å². The number of rotatable bonds is 4. The summed E-state index contributed by atoms with van der Waals surface area (Å²) < 4.78 is 1.77. The highest BCUT2D eigenvalue weighted by Gasteiger charge is 2.15. The van der Waals surface area contributed by atoms with E-state index in [-0.39, 0.29) is 0 Å². The van der Waals surface area contributed by atoms with Gasteiger partial charge in [0, 0.05) is 12.7 Å². The van der Waals surface area contributed by atoms with Crippen molar-refractivity contribution in [3.05, 3.63) is 30.1 Å². The first-order valence-corrected chi connectivity index (χ1v) is 5.42. The van der Waals surface area contributed by atoms with Crippen molar-refractivity contribution >= 4 is 17.8 Å². The van der Waals surface area contributed by atoms with Gasteiger partial charge in [-0.1, -0.05) is 12.0 Å². The Balaban J connectivity index is 2.60. The van der Waals surface area contributed by atoms with Gasteiger partial charge in [-0.3, -0.25) is 9.20 Å². The minimum absolute atomic E-state index is 0.446. The molecular formula is C13H13N3O. The minimum Gasteiger partial charge on any atom is -0.344 e. The molecule has 4 nitrogen and oxygen atoms in total. The maximum absolute atomic E-state index is 11.2. The Kier molecular flexibility index (Phi) is 3.10. The number of hydrogen-bond donors (Lipinski definition) is 0. The predicted molar refractivity (Wildman–Crippen MR) is 67.3 cm³/mol. The quantitative estimate of drug-likeness (QED) is 0.588. The van der Waals surface area contributed by atoms with Gasteiger partial charge < -0.3 is 4.90 Å². The van der Waals surface area contributed by atoms with Crippen molar-refractivity contribution in [3.8, 4) is 12.3 Å². The van der Waals surface area contributed by atoms with Crippen molar-refractivity contribution < 1.29 is 4.79 Å². The molecule has 0 unspecified atom stereocenters. The first-order valence-electron chi connectivity index (χ1n) is 5.42. The van der Waals surface area contributed by atoms with Crippen LogP contribution >= 0.6 is 0 Å². The minimum atomic E-state index is 0.446. The lowest BCUT2D eigenvalue weighted by atomic mass is 10.4. The Bertz CT molecular complexity index is 580. The van der Waals surface area contributed by atoms with Crippen LogP contribution in [0.4, 0.5) is 5.82 Å². The van der Waals surface area contributed by atoms with Crippen LogP contribution in [0.1, 0.15) is 17.4 Å². The Morgan fingerprint density at radius 3 is 3.06 bits per heavy atom. The standard InChI is InChI=1S/C13H13N3O/c1-3-8-15(4-2)13-11(10-17)16-9-6-5-7-12(16)14-13/h1,5-7,9-10H,4,8H2,2H3. The van der Waals surface area contributed by atoms with Gasteiger partial charge in [-0.25, -0.2) is 4.98 Å². The van der Waals surface area contributed by atoms with E-state index in [2.05, 4.69) is 10.9 Å². The number of aldehydes is 1. The van der Waals surface area contributed by atoms with E-state index >= 15 is 0 Å². The first-order chi connectivity index (χ1) is 8.31. The van der Waals surface area contributed by atoms with E-state index in [1.807, 2.05) is 36.2 Å². The van der Waals surface area contributed by atoms with Crippen molar-refractivity contribution in [1.82, 2.24) is 9.38 Å². The summed E-state index contributed by atoms with van der Waals surface area (Å²) in [5, 5.41) is 0. The van der Waals surface area contributed by atoms with E-state index in [1.165, 1.54) is 0 Å². The van der Waals surface area contributed by atoms with Gasteiger partial charge in [0.25, 0.3) is 0 Å². The van der Waals surface area contributed by atoms with Crippen molar-refractivity contribution in [2.45, 2.75) is 6.92 Å². The SMILES string of the molecule is C#CCN(CC)c1nc2ccccn2c1C=O. The third-order valence-corrected chi connectivity index (χ3v) is 2.62. The monoisotopic (exact) mass is 227 g/mol. The van der Waals surface area contributed by atoms with Crippen LogP contribution in [0.3, 0.4) is 0 Å². The number of aromatic nitrogens is 2. The number of carbonyl (C=O) groups excluding carboxylic acids is 1. The van der Waals surface area contributed by atoms with Crippen LogP contribution in [-0.2, 0) is 0 Å². The fraction of sp³-hybridized carbons (Fsp3) is 0.231. The summed E-state index contributed by atoms with van der Waals surface area (Å²) in [5.41, 5.74) is 1.29. The van der Waals surface area contributed by atoms with Gasteiger partial charge >= 0.3 is 0 Å². The van der Waals surface area contributed by atoms with E-state index in [1.54, 1.807) is 4.40 Å². The molecule has 2 aromatic rings. The number of pyridine rings is 1. The van der Waals surface area contributed by atoms with Gasteiger partial charge in [0.2, 0.25) is 0 Å². The summed E-state index contributed by atoms with van der Waals surface area (Å²) in [5.74, 6) is 3.22.